The van der Waals surface area contributed by atoms with Crippen molar-refractivity contribution in [3.8, 4) is 0 Å². The van der Waals surface area contributed by atoms with Crippen molar-refractivity contribution in [3.63, 3.8) is 0 Å². The average molecular weight is 162 g/mol. The van der Waals surface area contributed by atoms with Gasteiger partial charge < -0.3 is 9.05 Å². The molecular formula is C5H7O4P. The fourth-order valence-corrected chi connectivity index (χ4v) is 1.39. The molecule has 1 aliphatic rings. The molecule has 1 heterocycles. The van der Waals surface area contributed by atoms with E-state index >= 15 is 0 Å². The Labute approximate surface area is 58.7 Å². The van der Waals surface area contributed by atoms with E-state index in [1.165, 1.54) is 7.11 Å². The van der Waals surface area contributed by atoms with Crippen LogP contribution in [0.1, 0.15) is 0 Å². The minimum atomic E-state index is -3.36. The van der Waals surface area contributed by atoms with Crippen molar-refractivity contribution in [2.45, 2.75) is 0 Å². The van der Waals surface area contributed by atoms with Gasteiger partial charge in [0.1, 0.15) is 0 Å². The molecule has 0 aliphatic carbocycles. The molecular weight excluding hydrogens is 155 g/mol. The quantitative estimate of drug-likeness (QED) is 0.551. The largest absolute Gasteiger partial charge is 0.587 e. The van der Waals surface area contributed by atoms with E-state index in [1.807, 2.05) is 0 Å². The van der Waals surface area contributed by atoms with E-state index < -0.39 is 7.82 Å². The highest BCUT2D eigenvalue weighted by atomic mass is 31.2. The number of hydrogen-bond donors (Lipinski definition) is 0. The van der Waals surface area contributed by atoms with Crippen molar-refractivity contribution >= 4 is 7.82 Å². The number of phosphoric acid groups is 1. The van der Waals surface area contributed by atoms with Gasteiger partial charge in [0.15, 0.2) is 11.5 Å². The van der Waals surface area contributed by atoms with Crippen molar-refractivity contribution in [3.05, 3.63) is 24.7 Å². The molecule has 5 heteroatoms. The second-order valence-electron chi connectivity index (χ2n) is 1.66. The summed E-state index contributed by atoms with van der Waals surface area (Å²) < 4.78 is 24.7. The van der Waals surface area contributed by atoms with Crippen LogP contribution in [-0.4, -0.2) is 7.11 Å². The molecule has 0 aromatic rings. The summed E-state index contributed by atoms with van der Waals surface area (Å²) in [5.74, 6) is 0.315. The standard InChI is InChI=1S/C5H7O4P/c1-4-5(2)9-10(6,7-3)8-4/h1-2H2,3H3. The van der Waals surface area contributed by atoms with E-state index in [-0.39, 0.29) is 11.5 Å². The van der Waals surface area contributed by atoms with Gasteiger partial charge >= 0.3 is 7.82 Å². The van der Waals surface area contributed by atoms with Crippen LogP contribution in [0.2, 0.25) is 0 Å². The minimum absolute atomic E-state index is 0.158. The van der Waals surface area contributed by atoms with Gasteiger partial charge in [0, 0.05) is 7.11 Å². The molecule has 1 fully saturated rings. The molecule has 1 saturated heterocycles. The van der Waals surface area contributed by atoms with E-state index in [1.54, 1.807) is 0 Å². The van der Waals surface area contributed by atoms with Crippen molar-refractivity contribution in [1.82, 2.24) is 0 Å². The van der Waals surface area contributed by atoms with Crippen LogP contribution in [0.15, 0.2) is 24.7 Å². The van der Waals surface area contributed by atoms with Gasteiger partial charge in [-0.3, -0.25) is 4.52 Å². The normalized spacial score (nSPS) is 22.1. The van der Waals surface area contributed by atoms with Gasteiger partial charge in [0.05, 0.1) is 0 Å². The zero-order valence-corrected chi connectivity index (χ0v) is 6.39. The lowest BCUT2D eigenvalue weighted by molar-refractivity contribution is 0.242. The third-order valence-electron chi connectivity index (χ3n) is 0.979. The fourth-order valence-electron chi connectivity index (χ4n) is 0.465. The molecule has 0 aromatic heterocycles. The molecule has 0 radical (unpaired) electrons. The molecule has 0 unspecified atom stereocenters. The average Bonchev–Trinajstić information content (AvgIpc) is 2.10. The zero-order chi connectivity index (χ0) is 7.78. The van der Waals surface area contributed by atoms with E-state index in [0.29, 0.717) is 0 Å². The lowest BCUT2D eigenvalue weighted by atomic mass is 10.5. The summed E-state index contributed by atoms with van der Waals surface area (Å²) in [5, 5.41) is 0. The third kappa shape index (κ3) is 1.08. The molecule has 10 heavy (non-hydrogen) atoms. The lowest BCUT2D eigenvalue weighted by Gasteiger charge is -2.02. The van der Waals surface area contributed by atoms with Crippen LogP contribution in [0.4, 0.5) is 0 Å². The zero-order valence-electron chi connectivity index (χ0n) is 5.49. The predicted molar refractivity (Wildman–Crippen MR) is 35.1 cm³/mol. The Kier molecular flexibility index (Phi) is 1.58. The van der Waals surface area contributed by atoms with E-state index in [4.69, 9.17) is 0 Å². The van der Waals surface area contributed by atoms with Crippen LogP contribution in [0.5, 0.6) is 0 Å². The molecule has 0 atom stereocenters. The highest BCUT2D eigenvalue weighted by molar-refractivity contribution is 7.49. The van der Waals surface area contributed by atoms with Crippen LogP contribution >= 0.6 is 7.82 Å². The molecule has 0 N–H and O–H groups in total. The fraction of sp³-hybridized carbons (Fsp3) is 0.200. The summed E-state index contributed by atoms with van der Waals surface area (Å²) in [6.07, 6.45) is 0. The summed E-state index contributed by atoms with van der Waals surface area (Å²) >= 11 is 0. The van der Waals surface area contributed by atoms with Gasteiger partial charge in [0.25, 0.3) is 0 Å². The molecule has 1 aliphatic heterocycles. The van der Waals surface area contributed by atoms with Crippen molar-refractivity contribution in [1.29, 1.82) is 0 Å². The van der Waals surface area contributed by atoms with Gasteiger partial charge in [-0.1, -0.05) is 13.2 Å². The second kappa shape index (κ2) is 2.15. The van der Waals surface area contributed by atoms with Gasteiger partial charge in [-0.15, -0.1) is 0 Å². The monoisotopic (exact) mass is 162 g/mol. The molecule has 56 valence electrons. The summed E-state index contributed by atoms with van der Waals surface area (Å²) in [7, 11) is -2.13. The highest BCUT2D eigenvalue weighted by Crippen LogP contribution is 2.58. The molecule has 0 bridgehead atoms. The molecule has 4 nitrogen and oxygen atoms in total. The Morgan fingerprint density at radius 3 is 2.00 bits per heavy atom. The SMILES string of the molecule is C=C1OP(=O)(OC)OC1=C. The lowest BCUT2D eigenvalue weighted by Crippen LogP contribution is -1.80. The van der Waals surface area contributed by atoms with E-state index in [9.17, 15) is 4.57 Å². The summed E-state index contributed by atoms with van der Waals surface area (Å²) in [6.45, 7) is 6.76. The first kappa shape index (κ1) is 7.38. The maximum absolute atomic E-state index is 11.0. The molecule has 0 spiro atoms. The minimum Gasteiger partial charge on any atom is -0.392 e. The van der Waals surface area contributed by atoms with Crippen molar-refractivity contribution in [2.24, 2.45) is 0 Å². The first-order valence-corrected chi connectivity index (χ1v) is 3.96. The third-order valence-corrected chi connectivity index (χ3v) is 2.31. The number of hydrogen-bond acceptors (Lipinski definition) is 4. The second-order valence-corrected chi connectivity index (χ2v) is 3.28. The topological polar surface area (TPSA) is 44.8 Å². The van der Waals surface area contributed by atoms with Gasteiger partial charge in [-0.2, -0.15) is 0 Å². The Balaban J connectivity index is 2.84. The summed E-state index contributed by atoms with van der Waals surface area (Å²) in [6, 6.07) is 0. The van der Waals surface area contributed by atoms with Crippen LogP contribution in [0, 0.1) is 0 Å². The molecule has 0 aromatic carbocycles. The van der Waals surface area contributed by atoms with Crippen LogP contribution < -0.4 is 0 Å². The Hall–Kier alpha value is -0.730. The van der Waals surface area contributed by atoms with E-state index in [2.05, 4.69) is 26.7 Å². The molecule has 0 amide bonds. The van der Waals surface area contributed by atoms with Gasteiger partial charge in [-0.25, -0.2) is 4.57 Å². The highest BCUT2D eigenvalue weighted by Gasteiger charge is 2.37. The van der Waals surface area contributed by atoms with Crippen LogP contribution in [0.3, 0.4) is 0 Å². The van der Waals surface area contributed by atoms with Crippen LogP contribution in [0.25, 0.3) is 0 Å². The number of rotatable bonds is 1. The van der Waals surface area contributed by atoms with Crippen molar-refractivity contribution < 1.29 is 18.1 Å². The summed E-state index contributed by atoms with van der Waals surface area (Å²) in [4.78, 5) is 0. The molecule has 0 saturated carbocycles. The first-order chi connectivity index (χ1) is 4.57. The van der Waals surface area contributed by atoms with Crippen molar-refractivity contribution in [2.75, 3.05) is 7.11 Å². The number of phosphoric ester groups is 1. The summed E-state index contributed by atoms with van der Waals surface area (Å²) in [5.41, 5.74) is 0. The van der Waals surface area contributed by atoms with Gasteiger partial charge in [-0.05, 0) is 0 Å². The Bertz CT molecular complexity index is 212. The predicted octanol–water partition coefficient (Wildman–Crippen LogP) is 1.82. The first-order valence-electron chi connectivity index (χ1n) is 2.50. The Morgan fingerprint density at radius 2 is 1.80 bits per heavy atom. The maximum atomic E-state index is 11.0. The molecule has 1 rings (SSSR count). The van der Waals surface area contributed by atoms with Crippen LogP contribution in [-0.2, 0) is 18.1 Å². The van der Waals surface area contributed by atoms with E-state index in [0.717, 1.165) is 0 Å². The maximum Gasteiger partial charge on any atom is 0.587 e. The van der Waals surface area contributed by atoms with Gasteiger partial charge in [0.2, 0.25) is 0 Å². The smallest absolute Gasteiger partial charge is 0.392 e. The Morgan fingerprint density at radius 1 is 1.40 bits per heavy atom.